The van der Waals surface area contributed by atoms with Crippen molar-refractivity contribution < 1.29 is 9.21 Å². The fourth-order valence-corrected chi connectivity index (χ4v) is 3.78. The highest BCUT2D eigenvalue weighted by Crippen LogP contribution is 2.44. The number of hydrogen-bond acceptors (Lipinski definition) is 5. The maximum Gasteiger partial charge on any atom is 0.268 e. The van der Waals surface area contributed by atoms with Crippen LogP contribution in [0.2, 0.25) is 5.02 Å². The first-order chi connectivity index (χ1) is 12.2. The number of amides is 1. The van der Waals surface area contributed by atoms with Crippen LogP contribution < -0.4 is 0 Å². The minimum atomic E-state index is -0.0974. The van der Waals surface area contributed by atoms with Gasteiger partial charge in [-0.3, -0.25) is 9.36 Å². The van der Waals surface area contributed by atoms with Crippen LogP contribution in [0.5, 0.6) is 0 Å². The molecular weight excluding hydrogens is 365 g/mol. The normalized spacial score (nSPS) is 18.2. The molecule has 0 bridgehead atoms. The average molecular weight is 376 g/mol. The summed E-state index contributed by atoms with van der Waals surface area (Å²) < 4.78 is 7.46. The molecule has 4 heterocycles. The first kappa shape index (κ1) is 14.9. The van der Waals surface area contributed by atoms with E-state index >= 15 is 0 Å². The summed E-state index contributed by atoms with van der Waals surface area (Å²) >= 11 is 12.1. The van der Waals surface area contributed by atoms with E-state index in [-0.39, 0.29) is 17.8 Å². The van der Waals surface area contributed by atoms with Crippen molar-refractivity contribution in [3.63, 3.8) is 0 Å². The number of halogens is 2. The summed E-state index contributed by atoms with van der Waals surface area (Å²) in [5.41, 5.74) is 2.62. The molecular formula is C16H11Cl2N5O2. The number of alkyl halides is 1. The molecule has 2 aliphatic rings. The second kappa shape index (κ2) is 5.31. The Bertz CT molecular complexity index is 1010. The number of rotatable bonds is 2. The lowest BCUT2D eigenvalue weighted by Gasteiger charge is -2.39. The molecule has 1 fully saturated rings. The molecule has 0 spiro atoms. The van der Waals surface area contributed by atoms with Crippen LogP contribution in [0.15, 0.2) is 28.9 Å². The van der Waals surface area contributed by atoms with Gasteiger partial charge in [0, 0.05) is 6.54 Å². The largest absolute Gasteiger partial charge is 0.418 e. The van der Waals surface area contributed by atoms with E-state index in [2.05, 4.69) is 15.2 Å². The van der Waals surface area contributed by atoms with E-state index in [1.165, 1.54) is 0 Å². The fourth-order valence-electron chi connectivity index (χ4n) is 3.42. The van der Waals surface area contributed by atoms with Crippen LogP contribution in [0, 0.1) is 0 Å². The first-order valence-corrected chi connectivity index (χ1v) is 8.66. The van der Waals surface area contributed by atoms with Gasteiger partial charge in [0.15, 0.2) is 5.69 Å². The van der Waals surface area contributed by atoms with Gasteiger partial charge in [0.2, 0.25) is 5.89 Å². The van der Waals surface area contributed by atoms with Crippen LogP contribution in [0.25, 0.3) is 17.3 Å². The zero-order valence-corrected chi connectivity index (χ0v) is 14.3. The number of aromatic nitrogens is 4. The molecule has 0 radical (unpaired) electrons. The second-order valence-electron chi connectivity index (χ2n) is 5.92. The lowest BCUT2D eigenvalue weighted by Crippen LogP contribution is -2.44. The summed E-state index contributed by atoms with van der Waals surface area (Å²) in [6, 6.07) is 5.30. The molecule has 1 amide bonds. The molecule has 1 aromatic carbocycles. The number of benzene rings is 1. The first-order valence-electron chi connectivity index (χ1n) is 7.75. The zero-order chi connectivity index (χ0) is 17.1. The van der Waals surface area contributed by atoms with Crippen molar-refractivity contribution in [2.75, 3.05) is 6.54 Å². The van der Waals surface area contributed by atoms with Crippen LogP contribution >= 0.6 is 23.2 Å². The molecule has 0 N–H and O–H groups in total. The molecule has 25 heavy (non-hydrogen) atoms. The van der Waals surface area contributed by atoms with Gasteiger partial charge in [0.05, 0.1) is 28.0 Å². The monoisotopic (exact) mass is 375 g/mol. The van der Waals surface area contributed by atoms with Crippen molar-refractivity contribution >= 4 is 29.1 Å². The highest BCUT2D eigenvalue weighted by atomic mass is 35.5. The SMILES string of the molecule is O=C1c2c(Cl)cccc2-n2cnc(-c3nnc(CCl)o3)c2[C@@H]2CCN12. The Balaban J connectivity index is 1.77. The molecule has 2 aliphatic heterocycles. The lowest BCUT2D eigenvalue weighted by atomic mass is 9.97. The summed E-state index contributed by atoms with van der Waals surface area (Å²) in [6.45, 7) is 0.676. The number of fused-ring (bicyclic) bond motifs is 5. The average Bonchev–Trinajstić information content (AvgIpc) is 3.18. The van der Waals surface area contributed by atoms with Crippen molar-refractivity contribution in [2.45, 2.75) is 18.3 Å². The van der Waals surface area contributed by atoms with E-state index in [4.69, 9.17) is 27.6 Å². The van der Waals surface area contributed by atoms with Gasteiger partial charge in [-0.2, -0.15) is 0 Å². The van der Waals surface area contributed by atoms with Gasteiger partial charge in [0.25, 0.3) is 11.8 Å². The molecule has 0 saturated carbocycles. The Morgan fingerprint density at radius 1 is 1.32 bits per heavy atom. The third-order valence-corrected chi connectivity index (χ3v) is 5.19. The predicted octanol–water partition coefficient (Wildman–Crippen LogP) is 3.22. The standard InChI is InChI=1S/C16H11Cl2N5O2/c17-6-11-20-21-15(25-11)13-14-10-4-5-22(10)16(24)12-8(18)2-1-3-9(12)23(14)7-19-13/h1-3,7,10H,4-6H2/t10-/m0/s1. The van der Waals surface area contributed by atoms with Gasteiger partial charge in [-0.15, -0.1) is 21.8 Å². The van der Waals surface area contributed by atoms with Crippen LogP contribution in [0.1, 0.15) is 34.4 Å². The van der Waals surface area contributed by atoms with Gasteiger partial charge in [-0.05, 0) is 18.6 Å². The van der Waals surface area contributed by atoms with Gasteiger partial charge < -0.3 is 9.32 Å². The van der Waals surface area contributed by atoms with Crippen LogP contribution in [0.3, 0.4) is 0 Å². The number of nitrogens with zero attached hydrogens (tertiary/aromatic N) is 5. The van der Waals surface area contributed by atoms with E-state index in [1.54, 1.807) is 17.3 Å². The smallest absolute Gasteiger partial charge is 0.268 e. The Morgan fingerprint density at radius 3 is 2.92 bits per heavy atom. The summed E-state index contributed by atoms with van der Waals surface area (Å²) in [5.74, 6) is 0.694. The third kappa shape index (κ3) is 1.99. The summed E-state index contributed by atoms with van der Waals surface area (Å²) in [6.07, 6.45) is 2.51. The second-order valence-corrected chi connectivity index (χ2v) is 6.59. The van der Waals surface area contributed by atoms with Crippen LogP contribution in [-0.4, -0.2) is 37.1 Å². The highest BCUT2D eigenvalue weighted by Gasteiger charge is 2.43. The van der Waals surface area contributed by atoms with E-state index in [1.807, 2.05) is 16.7 Å². The molecule has 0 unspecified atom stereocenters. The van der Waals surface area contributed by atoms with Crippen molar-refractivity contribution in [3.05, 3.63) is 46.7 Å². The molecule has 9 heteroatoms. The van der Waals surface area contributed by atoms with E-state index < -0.39 is 0 Å². The van der Waals surface area contributed by atoms with Crippen LogP contribution in [0.4, 0.5) is 0 Å². The maximum absolute atomic E-state index is 12.9. The number of imidazole rings is 1. The Hall–Kier alpha value is -2.38. The third-order valence-electron chi connectivity index (χ3n) is 4.65. The van der Waals surface area contributed by atoms with Crippen LogP contribution in [-0.2, 0) is 5.88 Å². The molecule has 3 aromatic rings. The van der Waals surface area contributed by atoms with Crippen molar-refractivity contribution in [1.29, 1.82) is 0 Å². The molecule has 0 aliphatic carbocycles. The summed E-state index contributed by atoms with van der Waals surface area (Å²) in [7, 11) is 0. The van der Waals surface area contributed by atoms with E-state index in [0.717, 1.165) is 12.1 Å². The summed E-state index contributed by atoms with van der Waals surface area (Å²) in [5, 5.41) is 8.37. The topological polar surface area (TPSA) is 77.0 Å². The summed E-state index contributed by atoms with van der Waals surface area (Å²) in [4.78, 5) is 19.2. The fraction of sp³-hybridized carbons (Fsp3) is 0.250. The van der Waals surface area contributed by atoms with E-state index in [9.17, 15) is 4.79 Å². The quantitative estimate of drug-likeness (QED) is 0.642. The van der Waals surface area contributed by atoms with Gasteiger partial charge in [-0.25, -0.2) is 4.98 Å². The Morgan fingerprint density at radius 2 is 2.20 bits per heavy atom. The maximum atomic E-state index is 12.9. The van der Waals surface area contributed by atoms with Crippen molar-refractivity contribution in [3.8, 4) is 17.3 Å². The molecule has 126 valence electrons. The molecule has 1 saturated heterocycles. The molecule has 2 aromatic heterocycles. The van der Waals surface area contributed by atoms with Gasteiger partial charge in [-0.1, -0.05) is 17.7 Å². The van der Waals surface area contributed by atoms with Crippen molar-refractivity contribution in [1.82, 2.24) is 24.6 Å². The number of carbonyl (C=O) groups excluding carboxylic acids is 1. The van der Waals surface area contributed by atoms with E-state index in [0.29, 0.717) is 40.3 Å². The van der Waals surface area contributed by atoms with Crippen molar-refractivity contribution in [2.24, 2.45) is 0 Å². The lowest BCUT2D eigenvalue weighted by molar-refractivity contribution is 0.0461. The van der Waals surface area contributed by atoms with Gasteiger partial charge in [0.1, 0.15) is 12.2 Å². The highest BCUT2D eigenvalue weighted by molar-refractivity contribution is 6.34. The zero-order valence-electron chi connectivity index (χ0n) is 12.8. The minimum absolute atomic E-state index is 0.0709. The Labute approximate surface area is 152 Å². The molecule has 1 atom stereocenters. The predicted molar refractivity (Wildman–Crippen MR) is 89.8 cm³/mol. The van der Waals surface area contributed by atoms with Gasteiger partial charge >= 0.3 is 0 Å². The molecule has 7 nitrogen and oxygen atoms in total. The number of hydrogen-bond donors (Lipinski definition) is 0. The minimum Gasteiger partial charge on any atom is -0.418 e. The number of carbonyl (C=O) groups is 1. The Kier molecular flexibility index (Phi) is 3.17. The molecule has 5 rings (SSSR count).